The minimum Gasteiger partial charge on any atom is -0.493 e. The first kappa shape index (κ1) is 29.3. The van der Waals surface area contributed by atoms with Gasteiger partial charge in [0.05, 0.1) is 20.6 Å². The van der Waals surface area contributed by atoms with Crippen LogP contribution < -0.4 is 30.2 Å². The minimum absolute atomic E-state index is 0.0399. The van der Waals surface area contributed by atoms with Crippen molar-refractivity contribution in [3.8, 4) is 17.2 Å². The van der Waals surface area contributed by atoms with Gasteiger partial charge in [0.15, 0.2) is 17.5 Å². The zero-order valence-corrected chi connectivity index (χ0v) is 21.0. The molecular formula is C25H31F3N4O5. The Labute approximate surface area is 213 Å². The van der Waals surface area contributed by atoms with Gasteiger partial charge in [0.1, 0.15) is 11.8 Å². The Morgan fingerprint density at radius 3 is 2.32 bits per heavy atom. The third-order valence-corrected chi connectivity index (χ3v) is 5.02. The maximum atomic E-state index is 12.8. The van der Waals surface area contributed by atoms with Crippen LogP contribution in [0.25, 0.3) is 0 Å². The number of halogens is 3. The van der Waals surface area contributed by atoms with Gasteiger partial charge in [-0.2, -0.15) is 0 Å². The summed E-state index contributed by atoms with van der Waals surface area (Å²) >= 11 is 0. The highest BCUT2D eigenvalue weighted by Gasteiger charge is 2.31. The SMILES string of the molecule is COc1ccc(CC(=O)NC(=N)N[C@H](CC(C)C)C(=O)NCc2cccc(OC(F)(F)F)c2)cc1OC. The van der Waals surface area contributed by atoms with Crippen LogP contribution in [0.15, 0.2) is 42.5 Å². The Kier molecular flexibility index (Phi) is 10.6. The van der Waals surface area contributed by atoms with Gasteiger partial charge in [0, 0.05) is 6.54 Å². The lowest BCUT2D eigenvalue weighted by atomic mass is 10.0. The molecule has 0 fully saturated rings. The number of hydrogen-bond donors (Lipinski definition) is 4. The quantitative estimate of drug-likeness (QED) is 0.264. The van der Waals surface area contributed by atoms with Crippen molar-refractivity contribution < 1.29 is 37.0 Å². The average Bonchev–Trinajstić information content (AvgIpc) is 2.80. The fourth-order valence-electron chi connectivity index (χ4n) is 3.44. The maximum absolute atomic E-state index is 12.8. The van der Waals surface area contributed by atoms with Gasteiger partial charge in [0.2, 0.25) is 11.8 Å². The molecule has 1 atom stereocenters. The van der Waals surface area contributed by atoms with Crippen molar-refractivity contribution in [3.05, 3.63) is 53.6 Å². The van der Waals surface area contributed by atoms with Crippen LogP contribution in [0.5, 0.6) is 17.2 Å². The Morgan fingerprint density at radius 1 is 1.00 bits per heavy atom. The van der Waals surface area contributed by atoms with E-state index in [9.17, 15) is 22.8 Å². The van der Waals surface area contributed by atoms with Crippen LogP contribution in [0, 0.1) is 11.3 Å². The summed E-state index contributed by atoms with van der Waals surface area (Å²) in [6.45, 7) is 3.72. The normalized spacial score (nSPS) is 11.9. The van der Waals surface area contributed by atoms with Crippen molar-refractivity contribution in [1.82, 2.24) is 16.0 Å². The topological polar surface area (TPSA) is 122 Å². The lowest BCUT2D eigenvalue weighted by Crippen LogP contribution is -2.52. The van der Waals surface area contributed by atoms with Crippen molar-refractivity contribution in [3.63, 3.8) is 0 Å². The molecule has 0 saturated heterocycles. The van der Waals surface area contributed by atoms with Crippen molar-refractivity contribution in [2.45, 2.75) is 45.6 Å². The molecule has 2 rings (SSSR count). The molecule has 2 amide bonds. The maximum Gasteiger partial charge on any atom is 0.573 e. The number of ether oxygens (including phenoxy) is 3. The number of hydrogen-bond acceptors (Lipinski definition) is 6. The highest BCUT2D eigenvalue weighted by atomic mass is 19.4. The lowest BCUT2D eigenvalue weighted by molar-refractivity contribution is -0.274. The van der Waals surface area contributed by atoms with E-state index in [0.29, 0.717) is 29.0 Å². The van der Waals surface area contributed by atoms with E-state index < -0.39 is 30.0 Å². The molecule has 0 aliphatic heterocycles. The number of guanidine groups is 1. The molecular weight excluding hydrogens is 493 g/mol. The first-order valence-corrected chi connectivity index (χ1v) is 11.4. The van der Waals surface area contributed by atoms with Gasteiger partial charge in [-0.05, 0) is 47.7 Å². The van der Waals surface area contributed by atoms with E-state index in [-0.39, 0.29) is 24.8 Å². The summed E-state index contributed by atoms with van der Waals surface area (Å²) in [5.41, 5.74) is 1.04. The molecule has 9 nitrogen and oxygen atoms in total. The van der Waals surface area contributed by atoms with Crippen LogP contribution in [0.2, 0.25) is 0 Å². The van der Waals surface area contributed by atoms with Crippen LogP contribution in [0.3, 0.4) is 0 Å². The molecule has 0 aromatic heterocycles. The number of alkyl halides is 3. The van der Waals surface area contributed by atoms with Gasteiger partial charge in [-0.25, -0.2) is 0 Å². The van der Waals surface area contributed by atoms with E-state index >= 15 is 0 Å². The molecule has 0 heterocycles. The van der Waals surface area contributed by atoms with Gasteiger partial charge in [-0.1, -0.05) is 32.0 Å². The summed E-state index contributed by atoms with van der Waals surface area (Å²) in [4.78, 5) is 25.2. The Bertz CT molecular complexity index is 1090. The number of rotatable bonds is 11. The van der Waals surface area contributed by atoms with Crippen LogP contribution >= 0.6 is 0 Å². The molecule has 0 aliphatic rings. The number of carbonyl (C=O) groups is 2. The van der Waals surface area contributed by atoms with E-state index in [4.69, 9.17) is 14.9 Å². The highest BCUT2D eigenvalue weighted by molar-refractivity contribution is 5.98. The Morgan fingerprint density at radius 2 is 1.70 bits per heavy atom. The number of amides is 2. The summed E-state index contributed by atoms with van der Waals surface area (Å²) in [6.07, 6.45) is -4.52. The number of carbonyl (C=O) groups excluding carboxylic acids is 2. The van der Waals surface area contributed by atoms with Gasteiger partial charge >= 0.3 is 6.36 Å². The molecule has 0 unspecified atom stereocenters. The number of nitrogens with one attached hydrogen (secondary N) is 4. The molecule has 12 heteroatoms. The second-order valence-electron chi connectivity index (χ2n) is 8.53. The fraction of sp³-hybridized carbons (Fsp3) is 0.400. The van der Waals surface area contributed by atoms with E-state index in [2.05, 4.69) is 20.7 Å². The largest absolute Gasteiger partial charge is 0.573 e. The summed E-state index contributed by atoms with van der Waals surface area (Å²) in [5, 5.41) is 15.9. The Hall–Kier alpha value is -3.96. The highest BCUT2D eigenvalue weighted by Crippen LogP contribution is 2.27. The van der Waals surface area contributed by atoms with Gasteiger partial charge in [-0.3, -0.25) is 20.3 Å². The fourth-order valence-corrected chi connectivity index (χ4v) is 3.44. The van der Waals surface area contributed by atoms with Gasteiger partial charge in [-0.15, -0.1) is 13.2 Å². The van der Waals surface area contributed by atoms with Gasteiger partial charge in [0.25, 0.3) is 0 Å². The average molecular weight is 525 g/mol. The van der Waals surface area contributed by atoms with Crippen molar-refractivity contribution in [1.29, 1.82) is 5.41 Å². The van der Waals surface area contributed by atoms with E-state index in [0.717, 1.165) is 6.07 Å². The van der Waals surface area contributed by atoms with E-state index in [1.165, 1.54) is 26.4 Å². The standard InChI is InChI=1S/C25H31F3N4O5/c1-15(2)10-19(23(34)30-14-17-6-5-7-18(11-17)37-25(26,27)28)31-24(29)32-22(33)13-16-8-9-20(35-3)21(12-16)36-4/h5-9,11-12,15,19H,10,13-14H2,1-4H3,(H,30,34)(H3,29,31,32,33)/t19-/m1/s1. The summed E-state index contributed by atoms with van der Waals surface area (Å²) in [7, 11) is 2.98. The minimum atomic E-state index is -4.82. The number of benzene rings is 2. The second kappa shape index (κ2) is 13.4. The predicted octanol–water partition coefficient (Wildman–Crippen LogP) is 3.52. The molecule has 2 aromatic carbocycles. The van der Waals surface area contributed by atoms with Gasteiger partial charge < -0.3 is 24.8 Å². The molecule has 0 bridgehead atoms. The zero-order chi connectivity index (χ0) is 27.6. The van der Waals surface area contributed by atoms with E-state index in [1.54, 1.807) is 24.3 Å². The summed E-state index contributed by atoms with van der Waals surface area (Å²) < 4.78 is 51.7. The first-order chi connectivity index (χ1) is 17.4. The van der Waals surface area contributed by atoms with Crippen LogP contribution in [0.4, 0.5) is 13.2 Å². The molecule has 0 aliphatic carbocycles. The van der Waals surface area contributed by atoms with Crippen molar-refractivity contribution >= 4 is 17.8 Å². The third kappa shape index (κ3) is 10.3. The monoisotopic (exact) mass is 524 g/mol. The molecule has 0 radical (unpaired) electrons. The zero-order valence-electron chi connectivity index (χ0n) is 21.0. The molecule has 2 aromatic rings. The molecule has 202 valence electrons. The number of methoxy groups -OCH3 is 2. The predicted molar refractivity (Wildman–Crippen MR) is 130 cm³/mol. The van der Waals surface area contributed by atoms with Crippen molar-refractivity contribution in [2.75, 3.05) is 14.2 Å². The molecule has 0 saturated carbocycles. The van der Waals surface area contributed by atoms with Crippen molar-refractivity contribution in [2.24, 2.45) is 5.92 Å². The molecule has 37 heavy (non-hydrogen) atoms. The van der Waals surface area contributed by atoms with Crippen LogP contribution in [-0.4, -0.2) is 44.4 Å². The Balaban J connectivity index is 1.96. The first-order valence-electron chi connectivity index (χ1n) is 11.4. The van der Waals surface area contributed by atoms with E-state index in [1.807, 2.05) is 13.8 Å². The second-order valence-corrected chi connectivity index (χ2v) is 8.53. The summed E-state index contributed by atoms with van der Waals surface area (Å²) in [5.74, 6) is -0.651. The molecule has 4 N–H and O–H groups in total. The smallest absolute Gasteiger partial charge is 0.493 e. The molecule has 0 spiro atoms. The summed E-state index contributed by atoms with van der Waals surface area (Å²) in [6, 6.07) is 9.42. The lowest BCUT2D eigenvalue weighted by Gasteiger charge is -2.22. The van der Waals surface area contributed by atoms with Crippen LogP contribution in [0.1, 0.15) is 31.4 Å². The van der Waals surface area contributed by atoms with Crippen LogP contribution in [-0.2, 0) is 22.6 Å². The third-order valence-electron chi connectivity index (χ3n) is 5.02.